The second-order valence-corrected chi connectivity index (χ2v) is 6.15. The maximum atomic E-state index is 9.75. The molecule has 1 heterocycles. The fourth-order valence-electron chi connectivity index (χ4n) is 3.01. The van der Waals surface area contributed by atoms with Crippen LogP contribution in [0.15, 0.2) is 54.6 Å². The Morgan fingerprint density at radius 3 is 2.11 bits per heavy atom. The Bertz CT molecular complexity index is 767. The van der Waals surface area contributed by atoms with Gasteiger partial charge in [-0.15, -0.1) is 0 Å². The van der Waals surface area contributed by atoms with Gasteiger partial charge in [0.25, 0.3) is 0 Å². The van der Waals surface area contributed by atoms with Crippen LogP contribution in [-0.2, 0) is 0 Å². The molecule has 1 atom stereocenters. The smallest absolute Gasteiger partial charge is 0.481 e. The zero-order valence-electron chi connectivity index (χ0n) is 15.6. The third kappa shape index (κ3) is 6.05. The average Bonchev–Trinajstić information content (AvgIpc) is 2.62. The maximum absolute atomic E-state index is 9.75. The second kappa shape index (κ2) is 8.97. The topological polar surface area (TPSA) is 12.5 Å². The van der Waals surface area contributed by atoms with Crippen LogP contribution in [0.4, 0.5) is 23.0 Å². The van der Waals surface area contributed by atoms with E-state index in [0.29, 0.717) is 0 Å². The minimum atomic E-state index is -6.00. The molecule has 0 saturated carbocycles. The molecule has 2 nitrogen and oxygen atoms in total. The van der Waals surface area contributed by atoms with E-state index in [1.165, 1.54) is 22.4 Å². The van der Waals surface area contributed by atoms with E-state index in [9.17, 15) is 17.3 Å². The van der Waals surface area contributed by atoms with Crippen LogP contribution in [0.3, 0.4) is 0 Å². The number of fused-ring (bicyclic) bond motifs is 1. The van der Waals surface area contributed by atoms with Crippen molar-refractivity contribution >= 4 is 18.5 Å². The molecule has 7 heteroatoms. The van der Waals surface area contributed by atoms with Gasteiger partial charge in [-0.25, -0.2) is 0 Å². The highest BCUT2D eigenvalue weighted by molar-refractivity contribution is 6.50. The number of benzene rings is 2. The van der Waals surface area contributed by atoms with E-state index in [-0.39, 0.29) is 6.10 Å². The van der Waals surface area contributed by atoms with Gasteiger partial charge in [0.1, 0.15) is 11.9 Å². The number of anilines is 1. The van der Waals surface area contributed by atoms with Gasteiger partial charge in [-0.3, -0.25) is 0 Å². The van der Waals surface area contributed by atoms with E-state index in [4.69, 9.17) is 4.74 Å². The molecule has 1 aliphatic rings. The summed E-state index contributed by atoms with van der Waals surface area (Å²) in [6, 6.07) is 16.9. The highest BCUT2D eigenvalue weighted by Crippen LogP contribution is 2.39. The van der Waals surface area contributed by atoms with Gasteiger partial charge in [0.05, 0.1) is 0 Å². The summed E-state index contributed by atoms with van der Waals surface area (Å²) >= 11 is 0. The van der Waals surface area contributed by atoms with Crippen molar-refractivity contribution in [3.8, 4) is 5.75 Å². The van der Waals surface area contributed by atoms with Crippen molar-refractivity contribution in [3.63, 3.8) is 0 Å². The van der Waals surface area contributed by atoms with Crippen molar-refractivity contribution in [2.24, 2.45) is 0 Å². The van der Waals surface area contributed by atoms with E-state index in [1.807, 2.05) is 6.07 Å². The predicted molar refractivity (Wildman–Crippen MR) is 104 cm³/mol. The molecule has 0 radical (unpaired) electrons. The number of allylic oxidation sites excluding steroid dienone is 1. The first-order valence-corrected chi connectivity index (χ1v) is 8.89. The van der Waals surface area contributed by atoms with Crippen LogP contribution in [-0.4, -0.2) is 20.3 Å². The molecule has 146 valence electrons. The molecule has 0 spiro atoms. The molecular formula is C20H23BF4NO-. The summed E-state index contributed by atoms with van der Waals surface area (Å²) in [6.45, 7) is 8.54. The molecule has 0 fully saturated rings. The second-order valence-electron chi connectivity index (χ2n) is 6.15. The zero-order chi connectivity index (χ0) is 20.0. The summed E-state index contributed by atoms with van der Waals surface area (Å²) in [7, 11) is -6.00. The van der Waals surface area contributed by atoms with Crippen molar-refractivity contribution in [2.75, 3.05) is 18.0 Å². The van der Waals surface area contributed by atoms with Gasteiger partial charge in [0.15, 0.2) is 0 Å². The third-order valence-corrected chi connectivity index (χ3v) is 4.30. The van der Waals surface area contributed by atoms with E-state index in [1.54, 1.807) is 0 Å². The van der Waals surface area contributed by atoms with E-state index < -0.39 is 7.25 Å². The molecule has 0 amide bonds. The number of ether oxygens (including phenoxy) is 1. The van der Waals surface area contributed by atoms with Crippen LogP contribution in [0.5, 0.6) is 5.75 Å². The van der Waals surface area contributed by atoms with E-state index in [2.05, 4.69) is 74.2 Å². The molecule has 3 rings (SSSR count). The molecule has 0 saturated heterocycles. The molecule has 1 unspecified atom stereocenters. The minimum Gasteiger partial charge on any atom is -0.481 e. The average molecular weight is 380 g/mol. The van der Waals surface area contributed by atoms with Gasteiger partial charge in [0.2, 0.25) is 0 Å². The first kappa shape index (κ1) is 20.9. The van der Waals surface area contributed by atoms with Gasteiger partial charge >= 0.3 is 7.25 Å². The highest BCUT2D eigenvalue weighted by Gasteiger charge is 2.21. The number of halogens is 4. The number of nitrogens with zero attached hydrogens (tertiary/aromatic N) is 1. The summed E-state index contributed by atoms with van der Waals surface area (Å²) in [4.78, 5) is 2.34. The van der Waals surface area contributed by atoms with Crippen molar-refractivity contribution in [3.05, 3.63) is 65.7 Å². The zero-order valence-corrected chi connectivity index (χ0v) is 15.6. The van der Waals surface area contributed by atoms with Crippen molar-refractivity contribution in [2.45, 2.75) is 26.9 Å². The Hall–Kier alpha value is -2.44. The summed E-state index contributed by atoms with van der Waals surface area (Å²) in [5, 5.41) is 0. The first-order chi connectivity index (χ1) is 12.7. The van der Waals surface area contributed by atoms with Gasteiger partial charge in [-0.1, -0.05) is 30.3 Å². The SMILES string of the molecule is CCN(CC)c1ccc2c(c1)OC(c1ccccc1)C=C2C.F[B-](F)(F)F. The van der Waals surface area contributed by atoms with Crippen molar-refractivity contribution < 1.29 is 22.0 Å². The van der Waals surface area contributed by atoms with Crippen molar-refractivity contribution in [1.82, 2.24) is 0 Å². The lowest BCUT2D eigenvalue weighted by Gasteiger charge is -2.27. The molecular weight excluding hydrogens is 357 g/mol. The lowest BCUT2D eigenvalue weighted by Crippen LogP contribution is -2.22. The first-order valence-electron chi connectivity index (χ1n) is 8.89. The van der Waals surface area contributed by atoms with Gasteiger partial charge in [-0.2, -0.15) is 0 Å². The van der Waals surface area contributed by atoms with Crippen LogP contribution in [0.25, 0.3) is 5.57 Å². The fourth-order valence-corrected chi connectivity index (χ4v) is 3.01. The minimum absolute atomic E-state index is 0.000605. The quantitative estimate of drug-likeness (QED) is 0.451. The summed E-state index contributed by atoms with van der Waals surface area (Å²) in [6.07, 6.45) is 2.20. The molecule has 0 N–H and O–H groups in total. The summed E-state index contributed by atoms with van der Waals surface area (Å²) < 4.78 is 45.3. The van der Waals surface area contributed by atoms with Crippen LogP contribution in [0.1, 0.15) is 38.0 Å². The normalized spacial score (nSPS) is 15.7. The Balaban J connectivity index is 0.000000465. The van der Waals surface area contributed by atoms with Crippen LogP contribution < -0.4 is 9.64 Å². The summed E-state index contributed by atoms with van der Waals surface area (Å²) in [5.41, 5.74) is 4.90. The largest absolute Gasteiger partial charge is 0.673 e. The molecule has 0 aromatic heterocycles. The Labute approximate surface area is 157 Å². The highest BCUT2D eigenvalue weighted by atomic mass is 19.5. The number of hydrogen-bond acceptors (Lipinski definition) is 2. The third-order valence-electron chi connectivity index (χ3n) is 4.30. The van der Waals surface area contributed by atoms with E-state index in [0.717, 1.165) is 18.8 Å². The summed E-state index contributed by atoms with van der Waals surface area (Å²) in [5.74, 6) is 0.984. The Morgan fingerprint density at radius 2 is 1.56 bits per heavy atom. The van der Waals surface area contributed by atoms with Crippen LogP contribution in [0.2, 0.25) is 0 Å². The molecule has 2 aromatic carbocycles. The Morgan fingerprint density at radius 1 is 0.963 bits per heavy atom. The Kier molecular flexibility index (Phi) is 6.94. The van der Waals surface area contributed by atoms with Crippen LogP contribution >= 0.6 is 0 Å². The lowest BCUT2D eigenvalue weighted by atomic mass is 9.98. The molecule has 0 aliphatic carbocycles. The molecule has 27 heavy (non-hydrogen) atoms. The van der Waals surface area contributed by atoms with Crippen LogP contribution in [0, 0.1) is 0 Å². The van der Waals surface area contributed by atoms with Gasteiger partial charge in [0, 0.05) is 30.4 Å². The number of rotatable bonds is 4. The molecule has 0 bridgehead atoms. The lowest BCUT2D eigenvalue weighted by molar-refractivity contribution is 0.250. The molecule has 2 aromatic rings. The predicted octanol–water partition coefficient (Wildman–Crippen LogP) is 6.37. The van der Waals surface area contributed by atoms with Gasteiger partial charge < -0.3 is 26.9 Å². The fraction of sp³-hybridized carbons (Fsp3) is 0.300. The monoisotopic (exact) mass is 380 g/mol. The standard InChI is InChI=1S/C20H23NO.BF4/c1-4-21(5-2)17-11-12-18-15(3)13-19(22-20(18)14-17)16-9-7-6-8-10-16;2-1(3,4)5/h6-14,19H,4-5H2,1-3H3;/q;-1. The van der Waals surface area contributed by atoms with E-state index >= 15 is 0 Å². The van der Waals surface area contributed by atoms with Crippen molar-refractivity contribution in [1.29, 1.82) is 0 Å². The van der Waals surface area contributed by atoms with Gasteiger partial charge in [-0.05, 0) is 50.1 Å². The maximum Gasteiger partial charge on any atom is 0.673 e. The number of hydrogen-bond donors (Lipinski definition) is 0. The molecule has 1 aliphatic heterocycles.